The van der Waals surface area contributed by atoms with Crippen LogP contribution >= 0.6 is 11.3 Å². The fourth-order valence-electron chi connectivity index (χ4n) is 1.81. The average molecular weight is 384 g/mol. The van der Waals surface area contributed by atoms with E-state index >= 15 is 0 Å². The third-order valence-corrected chi connectivity index (χ3v) is 4.96. The smallest absolute Gasteiger partial charge is 0.241 e. The van der Waals surface area contributed by atoms with Crippen molar-refractivity contribution in [1.29, 1.82) is 0 Å². The number of hydrogen-bond donors (Lipinski definition) is 2. The van der Waals surface area contributed by atoms with E-state index in [1.54, 1.807) is 30.3 Å². The summed E-state index contributed by atoms with van der Waals surface area (Å²) in [6.07, 6.45) is 0. The summed E-state index contributed by atoms with van der Waals surface area (Å²) in [6.45, 7) is 0.242. The summed E-state index contributed by atoms with van der Waals surface area (Å²) >= 11 is 1.07. The number of nitrogens with one attached hydrogen (secondary N) is 2. The minimum atomic E-state index is -3.92. The molecule has 2 rings (SSSR count). The average Bonchev–Trinajstić information content (AvgIpc) is 2.94. The van der Waals surface area contributed by atoms with E-state index in [9.17, 15) is 18.0 Å². The third-order valence-electron chi connectivity index (χ3n) is 2.74. The molecule has 2 aromatic rings. The van der Waals surface area contributed by atoms with Gasteiger partial charge in [0.15, 0.2) is 9.84 Å². The zero-order valence-electron chi connectivity index (χ0n) is 13.3. The van der Waals surface area contributed by atoms with E-state index in [0.717, 1.165) is 11.3 Å². The number of amides is 2. The molecule has 134 valence electrons. The molecule has 0 saturated carbocycles. The summed E-state index contributed by atoms with van der Waals surface area (Å²) in [5.41, 5.74) is 0.478. The zero-order chi connectivity index (χ0) is 18.3. The Hall–Kier alpha value is -2.37. The Morgan fingerprint density at radius 1 is 1.08 bits per heavy atom. The van der Waals surface area contributed by atoms with Gasteiger partial charge in [-0.2, -0.15) is 0 Å². The lowest BCUT2D eigenvalue weighted by molar-refractivity contribution is -0.114. The van der Waals surface area contributed by atoms with E-state index in [2.05, 4.69) is 20.8 Å². The lowest BCUT2D eigenvalue weighted by atomic mass is 10.3. The molecular formula is C14H16N4O5S2. The highest BCUT2D eigenvalue weighted by Crippen LogP contribution is 2.15. The molecule has 0 atom stereocenters. The van der Waals surface area contributed by atoms with Crippen LogP contribution in [-0.4, -0.2) is 49.0 Å². The Kier molecular flexibility index (Phi) is 6.56. The summed E-state index contributed by atoms with van der Waals surface area (Å²) in [5.74, 6) is -3.11. The van der Waals surface area contributed by atoms with Crippen LogP contribution in [0.5, 0.6) is 0 Å². The van der Waals surface area contributed by atoms with Crippen LogP contribution in [0.3, 0.4) is 0 Å². The predicted molar refractivity (Wildman–Crippen MR) is 93.0 cm³/mol. The normalized spacial score (nSPS) is 11.1. The predicted octanol–water partition coefficient (Wildman–Crippen LogP) is 0.676. The second-order valence-electron chi connectivity index (χ2n) is 4.93. The van der Waals surface area contributed by atoms with Crippen molar-refractivity contribution in [2.75, 3.05) is 29.2 Å². The molecule has 0 spiro atoms. The highest BCUT2D eigenvalue weighted by atomic mass is 32.2. The van der Waals surface area contributed by atoms with Gasteiger partial charge >= 0.3 is 0 Å². The first-order valence-electron chi connectivity index (χ1n) is 7.04. The minimum absolute atomic E-state index is 0.168. The number of methoxy groups -OCH3 is 1. The van der Waals surface area contributed by atoms with Gasteiger partial charge in [0.2, 0.25) is 16.9 Å². The summed E-state index contributed by atoms with van der Waals surface area (Å²) in [6, 6.07) is 8.44. The summed E-state index contributed by atoms with van der Waals surface area (Å²) in [7, 11) is -2.42. The molecule has 1 aromatic carbocycles. The third kappa shape index (κ3) is 6.57. The highest BCUT2D eigenvalue weighted by molar-refractivity contribution is 7.92. The lowest BCUT2D eigenvalue weighted by Gasteiger charge is -2.06. The summed E-state index contributed by atoms with van der Waals surface area (Å²) in [4.78, 5) is 23.6. The molecule has 0 unspecified atom stereocenters. The van der Waals surface area contributed by atoms with Gasteiger partial charge in [0.05, 0.1) is 0 Å². The van der Waals surface area contributed by atoms with Crippen molar-refractivity contribution in [2.24, 2.45) is 0 Å². The SMILES string of the molecule is COCc1nnc(NC(=O)CS(=O)(=O)CC(=O)Nc2ccccc2)s1. The Balaban J connectivity index is 1.86. The van der Waals surface area contributed by atoms with E-state index in [-0.39, 0.29) is 11.7 Å². The van der Waals surface area contributed by atoms with Crippen LogP contribution in [0.4, 0.5) is 10.8 Å². The number of rotatable bonds is 8. The van der Waals surface area contributed by atoms with Gasteiger partial charge in [-0.05, 0) is 12.1 Å². The topological polar surface area (TPSA) is 127 Å². The van der Waals surface area contributed by atoms with Crippen molar-refractivity contribution in [2.45, 2.75) is 6.61 Å². The number of benzene rings is 1. The van der Waals surface area contributed by atoms with Crippen molar-refractivity contribution in [3.8, 4) is 0 Å². The quantitative estimate of drug-likeness (QED) is 0.685. The molecule has 0 aliphatic rings. The number of anilines is 2. The molecule has 0 aliphatic carbocycles. The van der Waals surface area contributed by atoms with Gasteiger partial charge in [-0.25, -0.2) is 8.42 Å². The molecule has 0 aliphatic heterocycles. The molecule has 0 bridgehead atoms. The van der Waals surface area contributed by atoms with Gasteiger partial charge in [-0.3, -0.25) is 14.9 Å². The molecule has 2 N–H and O–H groups in total. The van der Waals surface area contributed by atoms with Crippen LogP contribution in [0.25, 0.3) is 0 Å². The molecule has 2 amide bonds. The highest BCUT2D eigenvalue weighted by Gasteiger charge is 2.21. The van der Waals surface area contributed by atoms with Crippen molar-refractivity contribution in [3.05, 3.63) is 35.3 Å². The molecule has 25 heavy (non-hydrogen) atoms. The van der Waals surface area contributed by atoms with Gasteiger partial charge in [-0.1, -0.05) is 29.5 Å². The second-order valence-corrected chi connectivity index (χ2v) is 8.06. The Morgan fingerprint density at radius 2 is 1.72 bits per heavy atom. The zero-order valence-corrected chi connectivity index (χ0v) is 14.9. The van der Waals surface area contributed by atoms with E-state index < -0.39 is 33.2 Å². The van der Waals surface area contributed by atoms with Crippen LogP contribution in [-0.2, 0) is 30.8 Å². The molecular weight excluding hydrogens is 368 g/mol. The first-order valence-corrected chi connectivity index (χ1v) is 9.68. The van der Waals surface area contributed by atoms with E-state index in [4.69, 9.17) is 4.74 Å². The largest absolute Gasteiger partial charge is 0.377 e. The maximum absolute atomic E-state index is 12.0. The first-order chi connectivity index (χ1) is 11.9. The number of carbonyl (C=O) groups excluding carboxylic acids is 2. The van der Waals surface area contributed by atoms with Crippen LogP contribution < -0.4 is 10.6 Å². The van der Waals surface area contributed by atoms with Gasteiger partial charge < -0.3 is 10.1 Å². The summed E-state index contributed by atoms with van der Waals surface area (Å²) in [5, 5.41) is 13.0. The maximum atomic E-state index is 12.0. The molecule has 1 heterocycles. The van der Waals surface area contributed by atoms with Crippen molar-refractivity contribution < 1.29 is 22.7 Å². The first kappa shape index (κ1) is 19.0. The fourth-order valence-corrected chi connectivity index (χ4v) is 3.58. The fraction of sp³-hybridized carbons (Fsp3) is 0.286. The van der Waals surface area contributed by atoms with Crippen molar-refractivity contribution in [3.63, 3.8) is 0 Å². The van der Waals surface area contributed by atoms with Crippen LogP contribution in [0.2, 0.25) is 0 Å². The molecule has 0 saturated heterocycles. The molecule has 0 radical (unpaired) electrons. The number of carbonyl (C=O) groups is 2. The van der Waals surface area contributed by atoms with Crippen LogP contribution in [0.1, 0.15) is 5.01 Å². The van der Waals surface area contributed by atoms with Gasteiger partial charge in [0, 0.05) is 12.8 Å². The van der Waals surface area contributed by atoms with E-state index in [1.165, 1.54) is 7.11 Å². The Labute approximate surface area is 148 Å². The molecule has 11 heteroatoms. The van der Waals surface area contributed by atoms with Gasteiger partial charge in [-0.15, -0.1) is 10.2 Å². The molecule has 9 nitrogen and oxygen atoms in total. The number of aromatic nitrogens is 2. The van der Waals surface area contributed by atoms with Crippen molar-refractivity contribution >= 4 is 43.8 Å². The monoisotopic (exact) mass is 384 g/mol. The number of hydrogen-bond acceptors (Lipinski definition) is 8. The number of nitrogens with zero attached hydrogens (tertiary/aromatic N) is 2. The van der Waals surface area contributed by atoms with Crippen LogP contribution in [0.15, 0.2) is 30.3 Å². The summed E-state index contributed by atoms with van der Waals surface area (Å²) < 4.78 is 28.8. The second kappa shape index (κ2) is 8.65. The number of para-hydroxylation sites is 1. The van der Waals surface area contributed by atoms with Gasteiger partial charge in [0.1, 0.15) is 23.1 Å². The van der Waals surface area contributed by atoms with E-state index in [0.29, 0.717) is 10.7 Å². The molecule has 1 aromatic heterocycles. The minimum Gasteiger partial charge on any atom is -0.377 e. The van der Waals surface area contributed by atoms with Gasteiger partial charge in [0.25, 0.3) is 0 Å². The standard InChI is InChI=1S/C14H16N4O5S2/c1-23-7-13-17-18-14(24-13)16-12(20)9-25(21,22)8-11(19)15-10-5-3-2-4-6-10/h2-6H,7-9H2,1H3,(H,15,19)(H,16,18,20). The molecule has 0 fully saturated rings. The van der Waals surface area contributed by atoms with Crippen molar-refractivity contribution in [1.82, 2.24) is 10.2 Å². The van der Waals surface area contributed by atoms with E-state index in [1.807, 2.05) is 0 Å². The lowest BCUT2D eigenvalue weighted by Crippen LogP contribution is -2.30. The van der Waals surface area contributed by atoms with Crippen LogP contribution in [0, 0.1) is 0 Å². The Morgan fingerprint density at radius 3 is 2.36 bits per heavy atom. The number of ether oxygens (including phenoxy) is 1. The maximum Gasteiger partial charge on any atom is 0.241 e. The Bertz CT molecular complexity index is 836. The number of sulfone groups is 1.